The van der Waals surface area contributed by atoms with Crippen molar-refractivity contribution in [2.45, 2.75) is 6.17 Å². The summed E-state index contributed by atoms with van der Waals surface area (Å²) in [4.78, 5) is 11.1. The van der Waals surface area contributed by atoms with E-state index in [2.05, 4.69) is 186 Å². The largest absolute Gasteiger partial charge is 0.456 e. The number of rotatable bonds is 4. The van der Waals surface area contributed by atoms with E-state index in [0.717, 1.165) is 66.6 Å². The molecule has 9 aromatic carbocycles. The van der Waals surface area contributed by atoms with Crippen LogP contribution in [0.1, 0.15) is 22.9 Å². The van der Waals surface area contributed by atoms with E-state index in [1.807, 2.05) is 17.4 Å². The van der Waals surface area contributed by atoms with Gasteiger partial charge in [-0.1, -0.05) is 133 Å². The molecule has 0 radical (unpaired) electrons. The Morgan fingerprint density at radius 2 is 1.19 bits per heavy atom. The van der Waals surface area contributed by atoms with E-state index < -0.39 is 6.17 Å². The molecule has 3 aromatic heterocycles. The number of furan rings is 1. The highest BCUT2D eigenvalue weighted by molar-refractivity contribution is 7.25. The lowest BCUT2D eigenvalue weighted by atomic mass is 9.99. The Morgan fingerprint density at radius 3 is 2.08 bits per heavy atom. The highest BCUT2D eigenvalue weighted by atomic mass is 32.1. The van der Waals surface area contributed by atoms with Gasteiger partial charge >= 0.3 is 0 Å². The zero-order chi connectivity index (χ0) is 38.6. The Bertz CT molecular complexity index is 3780. The second-order valence-corrected chi connectivity index (χ2v) is 16.4. The van der Waals surface area contributed by atoms with Crippen molar-refractivity contribution in [3.05, 3.63) is 199 Å². The molecule has 0 saturated heterocycles. The summed E-state index contributed by atoms with van der Waals surface area (Å²) in [6.07, 6.45) is -0.421. The minimum absolute atomic E-state index is 0.421. The summed E-state index contributed by atoms with van der Waals surface area (Å²) in [5, 5.41) is 15.5. The molecule has 0 fully saturated rings. The van der Waals surface area contributed by atoms with Crippen LogP contribution in [0.4, 0.5) is 0 Å². The number of thiophene rings is 1. The van der Waals surface area contributed by atoms with Crippen molar-refractivity contribution in [1.82, 2.24) is 9.88 Å². The second-order valence-electron chi connectivity index (χ2n) is 15.3. The van der Waals surface area contributed by atoms with E-state index in [1.54, 1.807) is 0 Å². The third-order valence-corrected chi connectivity index (χ3v) is 13.2. The Balaban J connectivity index is 1.15. The van der Waals surface area contributed by atoms with Gasteiger partial charge in [0.25, 0.3) is 0 Å². The minimum atomic E-state index is -0.421. The fraction of sp³-hybridized carbons (Fsp3) is 0.0189. The molecule has 59 heavy (non-hydrogen) atoms. The maximum Gasteiger partial charge on any atom is 0.160 e. The maximum atomic E-state index is 6.64. The van der Waals surface area contributed by atoms with Crippen molar-refractivity contribution < 1.29 is 4.42 Å². The first-order chi connectivity index (χ1) is 29.2. The van der Waals surface area contributed by atoms with Crippen LogP contribution in [0.5, 0.6) is 0 Å². The SMILES string of the molecule is c1ccc2cc3c(cc2c1)c1ccccc1n3-c1c(C2=NC(c3cccc4sc5ccccc5c34)=NC(c3cccc4ccccc34)N2)ccc2oc3ccccc3c12. The standard InChI is InChI=1S/C53H32N4OS/c1-2-15-33-30-43-41(29-32(33)14-1)35-18-5-8-23-42(35)57(43)50-40(27-28-45-49(50)37-19-6-9-24-44(37)58-45)53-55-51(36-21-11-16-31-13-3-4-17-34(31)36)54-52(56-53)39-22-12-26-47-48(39)38-20-7-10-25-46(38)59-47/h1-30,51H,(H,54,55,56). The molecule has 5 nitrogen and oxygen atoms in total. The molecule has 0 saturated carbocycles. The van der Waals surface area contributed by atoms with Gasteiger partial charge in [0.2, 0.25) is 0 Å². The number of amidine groups is 2. The third kappa shape index (κ3) is 4.84. The van der Waals surface area contributed by atoms with Crippen LogP contribution >= 0.6 is 11.3 Å². The van der Waals surface area contributed by atoms with Gasteiger partial charge in [0.1, 0.15) is 23.2 Å². The highest BCUT2D eigenvalue weighted by Gasteiger charge is 2.29. The number of hydrogen-bond donors (Lipinski definition) is 1. The van der Waals surface area contributed by atoms with Gasteiger partial charge in [0.05, 0.1) is 22.1 Å². The van der Waals surface area contributed by atoms with Gasteiger partial charge in [-0.05, 0) is 70.1 Å². The predicted octanol–water partition coefficient (Wildman–Crippen LogP) is 13.9. The number of fused-ring (bicyclic) bond motifs is 11. The Labute approximate surface area is 341 Å². The van der Waals surface area contributed by atoms with Crippen LogP contribution in [-0.4, -0.2) is 16.2 Å². The summed E-state index contributed by atoms with van der Waals surface area (Å²) in [6, 6.07) is 64.9. The molecule has 1 N–H and O–H groups in total. The molecule has 1 aliphatic heterocycles. The predicted molar refractivity (Wildman–Crippen MR) is 248 cm³/mol. The molecule has 0 aliphatic carbocycles. The average molecular weight is 773 g/mol. The van der Waals surface area contributed by atoms with Gasteiger partial charge in [-0.2, -0.15) is 0 Å². The van der Waals surface area contributed by atoms with Crippen LogP contribution in [0.25, 0.3) is 91.1 Å². The summed E-state index contributed by atoms with van der Waals surface area (Å²) < 4.78 is 11.5. The van der Waals surface area contributed by atoms with Crippen LogP contribution in [0.3, 0.4) is 0 Å². The Kier molecular flexibility index (Phi) is 6.88. The zero-order valence-electron chi connectivity index (χ0n) is 31.6. The van der Waals surface area contributed by atoms with Crippen molar-refractivity contribution in [3.8, 4) is 5.69 Å². The lowest BCUT2D eigenvalue weighted by Crippen LogP contribution is -2.34. The molecule has 1 atom stereocenters. The molecule has 1 unspecified atom stereocenters. The molecule has 0 amide bonds. The van der Waals surface area contributed by atoms with Crippen LogP contribution in [0.15, 0.2) is 196 Å². The third-order valence-electron chi connectivity index (χ3n) is 12.0. The summed E-state index contributed by atoms with van der Waals surface area (Å²) in [5.74, 6) is 1.44. The topological polar surface area (TPSA) is 54.8 Å². The quantitative estimate of drug-likeness (QED) is 0.194. The first-order valence-electron chi connectivity index (χ1n) is 19.9. The molecule has 13 rings (SSSR count). The number of benzene rings is 9. The number of nitrogens with one attached hydrogen (secondary N) is 1. The van der Waals surface area contributed by atoms with Gasteiger partial charge in [0, 0.05) is 53.0 Å². The first-order valence-corrected chi connectivity index (χ1v) is 20.8. The fourth-order valence-corrected chi connectivity index (χ4v) is 10.6. The molecule has 276 valence electrons. The molecule has 0 bridgehead atoms. The summed E-state index contributed by atoms with van der Waals surface area (Å²) in [5.41, 5.74) is 7.98. The first kappa shape index (κ1) is 32.5. The lowest BCUT2D eigenvalue weighted by molar-refractivity contribution is 0.668. The molecular formula is C53H32N4OS. The lowest BCUT2D eigenvalue weighted by Gasteiger charge is -2.26. The molecule has 1 aliphatic rings. The number of aromatic nitrogens is 1. The van der Waals surface area contributed by atoms with Gasteiger partial charge in [-0.3, -0.25) is 0 Å². The van der Waals surface area contributed by atoms with Crippen molar-refractivity contribution >= 4 is 108 Å². The molecule has 6 heteroatoms. The summed E-state index contributed by atoms with van der Waals surface area (Å²) >= 11 is 1.81. The Hall–Kier alpha value is -7.54. The number of para-hydroxylation sites is 2. The maximum absolute atomic E-state index is 6.64. The monoisotopic (exact) mass is 772 g/mol. The van der Waals surface area contributed by atoms with E-state index >= 15 is 0 Å². The zero-order valence-corrected chi connectivity index (χ0v) is 32.4. The van der Waals surface area contributed by atoms with Gasteiger partial charge in [-0.25, -0.2) is 9.98 Å². The van der Waals surface area contributed by atoms with Crippen molar-refractivity contribution in [1.29, 1.82) is 0 Å². The minimum Gasteiger partial charge on any atom is -0.456 e. The van der Waals surface area contributed by atoms with Gasteiger partial charge < -0.3 is 14.3 Å². The van der Waals surface area contributed by atoms with Crippen LogP contribution < -0.4 is 5.32 Å². The smallest absolute Gasteiger partial charge is 0.160 e. The van der Waals surface area contributed by atoms with E-state index in [0.29, 0.717) is 5.84 Å². The van der Waals surface area contributed by atoms with Gasteiger partial charge in [0.15, 0.2) is 5.84 Å². The normalized spacial score (nSPS) is 14.6. The summed E-state index contributed by atoms with van der Waals surface area (Å²) in [6.45, 7) is 0. The molecule has 4 heterocycles. The van der Waals surface area contributed by atoms with E-state index in [1.165, 1.54) is 47.1 Å². The van der Waals surface area contributed by atoms with Crippen molar-refractivity contribution in [2.75, 3.05) is 0 Å². The Morgan fingerprint density at radius 1 is 0.492 bits per heavy atom. The molecular weight excluding hydrogens is 741 g/mol. The van der Waals surface area contributed by atoms with E-state index in [4.69, 9.17) is 14.4 Å². The number of aliphatic imine (C=N–C) groups is 2. The number of hydrogen-bond acceptors (Lipinski definition) is 5. The summed E-state index contributed by atoms with van der Waals surface area (Å²) in [7, 11) is 0. The van der Waals surface area contributed by atoms with Gasteiger partial charge in [-0.15, -0.1) is 11.3 Å². The number of nitrogens with zero attached hydrogens (tertiary/aromatic N) is 3. The van der Waals surface area contributed by atoms with E-state index in [9.17, 15) is 0 Å². The van der Waals surface area contributed by atoms with Crippen LogP contribution in [-0.2, 0) is 0 Å². The van der Waals surface area contributed by atoms with E-state index in [-0.39, 0.29) is 0 Å². The average Bonchev–Trinajstić information content (AvgIpc) is 3.97. The highest BCUT2D eigenvalue weighted by Crippen LogP contribution is 2.43. The second kappa shape index (κ2) is 12.5. The van der Waals surface area contributed by atoms with Crippen LogP contribution in [0, 0.1) is 0 Å². The van der Waals surface area contributed by atoms with Crippen molar-refractivity contribution in [3.63, 3.8) is 0 Å². The molecule has 0 spiro atoms. The van der Waals surface area contributed by atoms with Crippen molar-refractivity contribution in [2.24, 2.45) is 9.98 Å². The van der Waals surface area contributed by atoms with Crippen LogP contribution in [0.2, 0.25) is 0 Å². The molecule has 12 aromatic rings. The fourth-order valence-electron chi connectivity index (χ4n) is 9.43.